The summed E-state index contributed by atoms with van der Waals surface area (Å²) in [6.45, 7) is -0.362. The first kappa shape index (κ1) is 33.9. The number of anilines is 1. The predicted molar refractivity (Wildman–Crippen MR) is 189 cm³/mol. The van der Waals surface area contributed by atoms with Crippen molar-refractivity contribution in [1.82, 2.24) is 10.2 Å². The molecule has 0 heterocycles. The number of rotatable bonds is 12. The average molecular weight is 768 g/mol. The minimum Gasteiger partial charge on any atom is -0.352 e. The minimum absolute atomic E-state index is 0.0434. The van der Waals surface area contributed by atoms with Crippen LogP contribution < -0.4 is 9.62 Å². The summed E-state index contributed by atoms with van der Waals surface area (Å²) in [5, 5.41) is 3.24. The maximum atomic E-state index is 14.6. The van der Waals surface area contributed by atoms with Crippen LogP contribution in [0.3, 0.4) is 0 Å². The predicted octanol–water partition coefficient (Wildman–Crippen LogP) is 7.50. The van der Waals surface area contributed by atoms with Crippen LogP contribution in [-0.4, -0.2) is 43.8 Å². The maximum absolute atomic E-state index is 14.6. The lowest BCUT2D eigenvalue weighted by Crippen LogP contribution is -2.55. The van der Waals surface area contributed by atoms with Gasteiger partial charge in [-0.1, -0.05) is 112 Å². The first-order chi connectivity index (χ1) is 22.2. The van der Waals surface area contributed by atoms with Crippen molar-refractivity contribution in [1.29, 1.82) is 0 Å². The largest absolute Gasteiger partial charge is 0.352 e. The second kappa shape index (κ2) is 15.9. The summed E-state index contributed by atoms with van der Waals surface area (Å²) in [5.74, 6) is -0.715. The van der Waals surface area contributed by atoms with Crippen LogP contribution in [0.15, 0.2) is 123 Å². The summed E-state index contributed by atoms with van der Waals surface area (Å²) in [6, 6.07) is 31.2. The van der Waals surface area contributed by atoms with Crippen molar-refractivity contribution in [3.63, 3.8) is 0 Å². The summed E-state index contributed by atoms with van der Waals surface area (Å²) in [4.78, 5) is 30.4. The van der Waals surface area contributed by atoms with Crippen LogP contribution >= 0.6 is 31.9 Å². The normalized spacial score (nSPS) is 14.3. The smallest absolute Gasteiger partial charge is 0.264 e. The molecule has 46 heavy (non-hydrogen) atoms. The molecule has 7 nitrogen and oxygen atoms in total. The van der Waals surface area contributed by atoms with Crippen molar-refractivity contribution < 1.29 is 18.0 Å². The van der Waals surface area contributed by atoms with Gasteiger partial charge in [0.15, 0.2) is 0 Å². The standard InChI is InChI=1S/C36H37Br2N3O4S/c37-29-18-16-28(17-19-29)25-40(34(24-27-10-4-1-5-11-27)36(43)39-31-12-6-2-7-13-31)35(42)26-41(32-22-20-30(38)21-23-32)46(44,45)33-14-8-3-9-15-33/h1,3-5,8-11,14-23,31,34H,2,6-7,12-13,24-26H2,(H,39,43). The fourth-order valence-corrected chi connectivity index (χ4v) is 7.70. The number of benzene rings is 4. The van der Waals surface area contributed by atoms with E-state index in [4.69, 9.17) is 0 Å². The molecule has 0 aromatic heterocycles. The molecule has 0 radical (unpaired) electrons. The number of carbonyl (C=O) groups excluding carboxylic acids is 2. The summed E-state index contributed by atoms with van der Waals surface area (Å²) < 4.78 is 31.0. The Kier molecular flexibility index (Phi) is 11.7. The molecule has 1 N–H and O–H groups in total. The van der Waals surface area contributed by atoms with E-state index in [-0.39, 0.29) is 29.8 Å². The molecular formula is C36H37Br2N3O4S. The average Bonchev–Trinajstić information content (AvgIpc) is 3.07. The third-order valence-corrected chi connectivity index (χ3v) is 11.1. The topological polar surface area (TPSA) is 86.8 Å². The fraction of sp³-hybridized carbons (Fsp3) is 0.278. The molecule has 5 rings (SSSR count). The van der Waals surface area contributed by atoms with Gasteiger partial charge < -0.3 is 10.2 Å². The highest BCUT2D eigenvalue weighted by molar-refractivity contribution is 9.10. The molecule has 0 aliphatic heterocycles. The van der Waals surface area contributed by atoms with Crippen molar-refractivity contribution in [3.8, 4) is 0 Å². The van der Waals surface area contributed by atoms with Gasteiger partial charge >= 0.3 is 0 Å². The number of sulfonamides is 1. The van der Waals surface area contributed by atoms with Gasteiger partial charge in [0.1, 0.15) is 12.6 Å². The third-order valence-electron chi connectivity index (χ3n) is 8.21. The zero-order valence-corrected chi connectivity index (χ0v) is 29.4. The Balaban J connectivity index is 1.55. The molecule has 1 fully saturated rings. The van der Waals surface area contributed by atoms with Gasteiger partial charge in [0.25, 0.3) is 10.0 Å². The van der Waals surface area contributed by atoms with Crippen LogP contribution in [0.2, 0.25) is 0 Å². The number of nitrogens with zero attached hydrogens (tertiary/aromatic N) is 2. The Labute approximate surface area is 288 Å². The van der Waals surface area contributed by atoms with E-state index in [0.29, 0.717) is 5.69 Å². The van der Waals surface area contributed by atoms with E-state index in [2.05, 4.69) is 37.2 Å². The molecule has 0 saturated heterocycles. The monoisotopic (exact) mass is 765 g/mol. The molecular weight excluding hydrogens is 730 g/mol. The van der Waals surface area contributed by atoms with Gasteiger partial charge in [-0.2, -0.15) is 0 Å². The molecule has 240 valence electrons. The van der Waals surface area contributed by atoms with Crippen LogP contribution in [0.5, 0.6) is 0 Å². The van der Waals surface area contributed by atoms with Crippen LogP contribution in [-0.2, 0) is 32.6 Å². The SMILES string of the molecule is O=C(NC1CCCCC1)C(Cc1ccccc1)N(Cc1ccc(Br)cc1)C(=O)CN(c1ccc(Br)cc1)S(=O)(=O)c1ccccc1. The number of hydrogen-bond acceptors (Lipinski definition) is 4. The lowest BCUT2D eigenvalue weighted by Gasteiger charge is -2.35. The van der Waals surface area contributed by atoms with Crippen molar-refractivity contribution in [2.75, 3.05) is 10.8 Å². The molecule has 10 heteroatoms. The zero-order valence-electron chi connectivity index (χ0n) is 25.4. The Hall–Kier alpha value is -3.47. The fourth-order valence-electron chi connectivity index (χ4n) is 5.74. The van der Waals surface area contributed by atoms with E-state index < -0.39 is 28.5 Å². The number of carbonyl (C=O) groups is 2. The second-order valence-corrected chi connectivity index (χ2v) is 15.2. The Morgan fingerprint density at radius 2 is 1.30 bits per heavy atom. The molecule has 2 amide bonds. The molecule has 1 unspecified atom stereocenters. The van der Waals surface area contributed by atoms with Crippen LogP contribution in [0.1, 0.15) is 43.2 Å². The van der Waals surface area contributed by atoms with E-state index in [9.17, 15) is 18.0 Å². The maximum Gasteiger partial charge on any atom is 0.264 e. The highest BCUT2D eigenvalue weighted by Crippen LogP contribution is 2.27. The third kappa shape index (κ3) is 8.86. The zero-order chi connectivity index (χ0) is 32.5. The van der Waals surface area contributed by atoms with Crippen molar-refractivity contribution in [2.24, 2.45) is 0 Å². The van der Waals surface area contributed by atoms with E-state index in [0.717, 1.165) is 56.5 Å². The molecule has 0 spiro atoms. The van der Waals surface area contributed by atoms with Crippen molar-refractivity contribution in [3.05, 3.63) is 129 Å². The van der Waals surface area contributed by atoms with Gasteiger partial charge in [0, 0.05) is 28.0 Å². The summed E-state index contributed by atoms with van der Waals surface area (Å²) in [7, 11) is -4.14. The first-order valence-electron chi connectivity index (χ1n) is 15.4. The van der Waals surface area contributed by atoms with Gasteiger partial charge in [0.05, 0.1) is 10.6 Å². The highest BCUT2D eigenvalue weighted by atomic mass is 79.9. The van der Waals surface area contributed by atoms with E-state index >= 15 is 0 Å². The van der Waals surface area contributed by atoms with Crippen LogP contribution in [0, 0.1) is 0 Å². The Morgan fingerprint density at radius 3 is 1.91 bits per heavy atom. The molecule has 1 aliphatic carbocycles. The first-order valence-corrected chi connectivity index (χ1v) is 18.4. The Morgan fingerprint density at radius 1 is 0.739 bits per heavy atom. The summed E-state index contributed by atoms with van der Waals surface area (Å²) in [5.41, 5.74) is 2.07. The lowest BCUT2D eigenvalue weighted by molar-refractivity contribution is -0.140. The van der Waals surface area contributed by atoms with Crippen LogP contribution in [0.25, 0.3) is 0 Å². The van der Waals surface area contributed by atoms with E-state index in [1.165, 1.54) is 12.1 Å². The molecule has 1 atom stereocenters. The van der Waals surface area contributed by atoms with Gasteiger partial charge in [-0.25, -0.2) is 8.42 Å². The van der Waals surface area contributed by atoms with E-state index in [1.54, 1.807) is 47.4 Å². The lowest BCUT2D eigenvalue weighted by atomic mass is 9.94. The molecule has 1 aliphatic rings. The minimum atomic E-state index is -4.14. The van der Waals surface area contributed by atoms with E-state index in [1.807, 2.05) is 54.6 Å². The molecule has 1 saturated carbocycles. The molecule has 0 bridgehead atoms. The number of halogens is 2. The van der Waals surface area contributed by atoms with Gasteiger partial charge in [0.2, 0.25) is 11.8 Å². The molecule has 4 aromatic rings. The van der Waals surface area contributed by atoms with Gasteiger partial charge in [-0.15, -0.1) is 0 Å². The van der Waals surface area contributed by atoms with Gasteiger partial charge in [-0.3, -0.25) is 13.9 Å². The van der Waals surface area contributed by atoms with Crippen LogP contribution in [0.4, 0.5) is 5.69 Å². The number of nitrogens with one attached hydrogen (secondary N) is 1. The molecule has 4 aromatic carbocycles. The summed E-state index contributed by atoms with van der Waals surface area (Å²) >= 11 is 6.90. The Bertz CT molecular complexity index is 1700. The second-order valence-electron chi connectivity index (χ2n) is 11.5. The van der Waals surface area contributed by atoms with Crippen molar-refractivity contribution >= 4 is 59.4 Å². The van der Waals surface area contributed by atoms with Crippen molar-refractivity contribution in [2.45, 2.75) is 62.0 Å². The van der Waals surface area contributed by atoms with Gasteiger partial charge in [-0.05, 0) is 72.5 Å². The number of amides is 2. The number of hydrogen-bond donors (Lipinski definition) is 1. The summed E-state index contributed by atoms with van der Waals surface area (Å²) in [6.07, 6.45) is 5.33. The quantitative estimate of drug-likeness (QED) is 0.162. The highest BCUT2D eigenvalue weighted by Gasteiger charge is 2.35.